The number of rotatable bonds is 7. The van der Waals surface area contributed by atoms with Crippen molar-refractivity contribution in [3.63, 3.8) is 0 Å². The van der Waals surface area contributed by atoms with Crippen LogP contribution in [0.4, 0.5) is 0 Å². The van der Waals surface area contributed by atoms with Crippen molar-refractivity contribution in [3.05, 3.63) is 52.5 Å². The number of methoxy groups -OCH3 is 1. The lowest BCUT2D eigenvalue weighted by Crippen LogP contribution is -2.27. The molecule has 0 amide bonds. The Labute approximate surface area is 144 Å². The monoisotopic (exact) mass is 345 g/mol. The number of likely N-dealkylation sites (N-methyl/N-ethyl adjacent to an activating group) is 1. The molecule has 3 aromatic rings. The summed E-state index contributed by atoms with van der Waals surface area (Å²) in [6.45, 7) is 0.475. The molecular formula is C17H19N3O3S. The lowest BCUT2D eigenvalue weighted by atomic mass is 10.1. The topological polar surface area (TPSA) is 71.6 Å². The van der Waals surface area contributed by atoms with Gasteiger partial charge in [0.1, 0.15) is 5.75 Å². The third kappa shape index (κ3) is 3.64. The molecule has 2 heterocycles. The maximum Gasteiger partial charge on any atom is 0.258 e. The molecule has 3 rings (SSSR count). The fourth-order valence-corrected chi connectivity index (χ4v) is 3.11. The van der Waals surface area contributed by atoms with Crippen LogP contribution in [0.5, 0.6) is 5.75 Å². The molecular weight excluding hydrogens is 326 g/mol. The number of hydrogen-bond donors (Lipinski definition) is 1. The number of benzene rings is 1. The maximum absolute atomic E-state index is 9.77. The Hall–Kier alpha value is -2.22. The molecule has 24 heavy (non-hydrogen) atoms. The van der Waals surface area contributed by atoms with E-state index in [0.29, 0.717) is 18.3 Å². The Balaban J connectivity index is 1.71. The third-order valence-corrected chi connectivity index (χ3v) is 4.52. The Morgan fingerprint density at radius 3 is 2.71 bits per heavy atom. The molecule has 1 N–H and O–H groups in total. The highest BCUT2D eigenvalue weighted by Crippen LogP contribution is 2.24. The van der Waals surface area contributed by atoms with E-state index in [1.165, 1.54) is 0 Å². The number of hydrogen-bond acceptors (Lipinski definition) is 7. The van der Waals surface area contributed by atoms with Gasteiger partial charge in [0.25, 0.3) is 5.89 Å². The number of nitrogens with zero attached hydrogens (tertiary/aromatic N) is 3. The molecule has 0 saturated carbocycles. The van der Waals surface area contributed by atoms with Crippen LogP contribution in [0.3, 0.4) is 0 Å². The second-order valence-electron chi connectivity index (χ2n) is 5.41. The van der Waals surface area contributed by atoms with Crippen LogP contribution in [-0.2, 0) is 6.54 Å². The summed E-state index contributed by atoms with van der Waals surface area (Å²) in [5.74, 6) is 1.90. The Morgan fingerprint density at radius 2 is 2.08 bits per heavy atom. The molecule has 1 atom stereocenters. The van der Waals surface area contributed by atoms with Gasteiger partial charge in [-0.15, -0.1) is 0 Å². The first-order valence-corrected chi connectivity index (χ1v) is 8.45. The van der Waals surface area contributed by atoms with Crippen LogP contribution in [0.1, 0.15) is 17.4 Å². The van der Waals surface area contributed by atoms with Crippen molar-refractivity contribution in [3.8, 4) is 17.2 Å². The van der Waals surface area contributed by atoms with E-state index in [9.17, 15) is 5.11 Å². The summed E-state index contributed by atoms with van der Waals surface area (Å²) < 4.78 is 10.5. The van der Waals surface area contributed by atoms with Gasteiger partial charge in [-0.1, -0.05) is 17.3 Å². The van der Waals surface area contributed by atoms with Gasteiger partial charge in [-0.25, -0.2) is 0 Å². The molecule has 0 saturated heterocycles. The molecule has 1 aromatic carbocycles. The van der Waals surface area contributed by atoms with Gasteiger partial charge in [0.05, 0.1) is 31.9 Å². The number of aliphatic hydroxyl groups is 1. The van der Waals surface area contributed by atoms with Gasteiger partial charge in [0.2, 0.25) is 0 Å². The van der Waals surface area contributed by atoms with E-state index in [2.05, 4.69) is 10.1 Å². The third-order valence-electron chi connectivity index (χ3n) is 3.83. The summed E-state index contributed by atoms with van der Waals surface area (Å²) in [5, 5.41) is 17.7. The standard InChI is InChI=1S/C17H19N3O3S/c1-20(15(10-21)12-3-5-14(22-2)6-4-12)9-16-18-17(23-19-16)13-7-8-24-11-13/h3-8,11,15,21H,9-10H2,1-2H3. The SMILES string of the molecule is COc1ccc(C(CO)N(C)Cc2noc(-c3ccsc3)n2)cc1. The van der Waals surface area contributed by atoms with E-state index in [4.69, 9.17) is 9.26 Å². The van der Waals surface area contributed by atoms with Crippen molar-refractivity contribution in [1.82, 2.24) is 15.0 Å². The van der Waals surface area contributed by atoms with Crippen LogP contribution in [0.2, 0.25) is 0 Å². The molecule has 6 nitrogen and oxygen atoms in total. The molecule has 0 bridgehead atoms. The fraction of sp³-hybridized carbons (Fsp3) is 0.294. The van der Waals surface area contributed by atoms with Gasteiger partial charge in [-0.3, -0.25) is 4.90 Å². The highest BCUT2D eigenvalue weighted by molar-refractivity contribution is 7.08. The average Bonchev–Trinajstić information content (AvgIpc) is 3.27. The van der Waals surface area contributed by atoms with Crippen LogP contribution in [-0.4, -0.2) is 40.9 Å². The Kier molecular flexibility index (Phi) is 5.24. The zero-order valence-electron chi connectivity index (χ0n) is 13.5. The van der Waals surface area contributed by atoms with Gasteiger partial charge in [0, 0.05) is 5.38 Å². The zero-order chi connectivity index (χ0) is 16.9. The van der Waals surface area contributed by atoms with Crippen molar-refractivity contribution in [2.24, 2.45) is 0 Å². The van der Waals surface area contributed by atoms with E-state index in [1.807, 2.05) is 53.0 Å². The van der Waals surface area contributed by atoms with Crippen LogP contribution >= 0.6 is 11.3 Å². The van der Waals surface area contributed by atoms with Crippen LogP contribution in [0, 0.1) is 0 Å². The summed E-state index contributed by atoms with van der Waals surface area (Å²) in [6, 6.07) is 9.45. The second-order valence-corrected chi connectivity index (χ2v) is 6.19. The number of thiophene rings is 1. The van der Waals surface area contributed by atoms with E-state index in [-0.39, 0.29) is 12.6 Å². The van der Waals surface area contributed by atoms with Gasteiger partial charge in [-0.2, -0.15) is 16.3 Å². The second kappa shape index (κ2) is 7.57. The molecule has 0 radical (unpaired) electrons. The number of aliphatic hydroxyl groups excluding tert-OH is 1. The van der Waals surface area contributed by atoms with Crippen molar-refractivity contribution in [2.45, 2.75) is 12.6 Å². The normalized spacial score (nSPS) is 12.5. The van der Waals surface area contributed by atoms with Crippen molar-refractivity contribution < 1.29 is 14.4 Å². The molecule has 0 aliphatic heterocycles. The molecule has 0 fully saturated rings. The smallest absolute Gasteiger partial charge is 0.258 e. The largest absolute Gasteiger partial charge is 0.497 e. The minimum Gasteiger partial charge on any atom is -0.497 e. The van der Waals surface area contributed by atoms with Crippen LogP contribution in [0.15, 0.2) is 45.6 Å². The van der Waals surface area contributed by atoms with Crippen LogP contribution in [0.25, 0.3) is 11.5 Å². The van der Waals surface area contributed by atoms with E-state index >= 15 is 0 Å². The predicted octanol–water partition coefficient (Wildman–Crippen LogP) is 2.97. The average molecular weight is 345 g/mol. The minimum absolute atomic E-state index is 0.00192. The highest BCUT2D eigenvalue weighted by atomic mass is 32.1. The Bertz CT molecular complexity index is 756. The molecule has 0 aliphatic carbocycles. The van der Waals surface area contributed by atoms with Crippen molar-refractivity contribution in [1.29, 1.82) is 0 Å². The first-order chi connectivity index (χ1) is 11.7. The summed E-state index contributed by atoms with van der Waals surface area (Å²) in [5.41, 5.74) is 1.93. The number of ether oxygens (including phenoxy) is 1. The molecule has 0 spiro atoms. The maximum atomic E-state index is 9.77. The number of aromatic nitrogens is 2. The van der Waals surface area contributed by atoms with E-state index in [1.54, 1.807) is 18.4 Å². The summed E-state index contributed by atoms with van der Waals surface area (Å²) in [4.78, 5) is 6.41. The fourth-order valence-electron chi connectivity index (χ4n) is 2.48. The summed E-state index contributed by atoms with van der Waals surface area (Å²) in [6.07, 6.45) is 0. The molecule has 2 aromatic heterocycles. The van der Waals surface area contributed by atoms with Gasteiger partial charge in [0.15, 0.2) is 5.82 Å². The molecule has 1 unspecified atom stereocenters. The van der Waals surface area contributed by atoms with Crippen LogP contribution < -0.4 is 4.74 Å². The summed E-state index contributed by atoms with van der Waals surface area (Å²) in [7, 11) is 3.55. The lowest BCUT2D eigenvalue weighted by Gasteiger charge is -2.25. The first kappa shape index (κ1) is 16.6. The zero-order valence-corrected chi connectivity index (χ0v) is 14.4. The van der Waals surface area contributed by atoms with Gasteiger partial charge in [-0.05, 0) is 36.2 Å². The lowest BCUT2D eigenvalue weighted by molar-refractivity contribution is 0.139. The van der Waals surface area contributed by atoms with E-state index < -0.39 is 0 Å². The molecule has 126 valence electrons. The van der Waals surface area contributed by atoms with Crippen molar-refractivity contribution in [2.75, 3.05) is 20.8 Å². The highest BCUT2D eigenvalue weighted by Gasteiger charge is 2.19. The molecule has 7 heteroatoms. The quantitative estimate of drug-likeness (QED) is 0.710. The summed E-state index contributed by atoms with van der Waals surface area (Å²) >= 11 is 1.58. The molecule has 0 aliphatic rings. The predicted molar refractivity (Wildman–Crippen MR) is 91.9 cm³/mol. The minimum atomic E-state index is -0.154. The first-order valence-electron chi connectivity index (χ1n) is 7.51. The Morgan fingerprint density at radius 1 is 1.29 bits per heavy atom. The van der Waals surface area contributed by atoms with E-state index in [0.717, 1.165) is 16.9 Å². The van der Waals surface area contributed by atoms with Gasteiger partial charge < -0.3 is 14.4 Å². The van der Waals surface area contributed by atoms with Crippen molar-refractivity contribution >= 4 is 11.3 Å². The van der Waals surface area contributed by atoms with Gasteiger partial charge >= 0.3 is 0 Å².